The van der Waals surface area contributed by atoms with E-state index in [-0.39, 0.29) is 6.61 Å². The number of anilines is 1. The van der Waals surface area contributed by atoms with Crippen molar-refractivity contribution in [2.45, 2.75) is 6.54 Å². The molecule has 4 heteroatoms. The van der Waals surface area contributed by atoms with E-state index in [0.29, 0.717) is 13.2 Å². The second-order valence-electron chi connectivity index (χ2n) is 4.13. The predicted octanol–water partition coefficient (Wildman–Crippen LogP) is 0.605. The fourth-order valence-electron chi connectivity index (χ4n) is 2.10. The maximum absolute atomic E-state index is 8.66. The van der Waals surface area contributed by atoms with Crippen molar-refractivity contribution >= 4 is 5.69 Å². The molecule has 17 heavy (non-hydrogen) atoms. The van der Waals surface area contributed by atoms with E-state index in [1.165, 1.54) is 11.3 Å². The number of hydrogen-bond acceptors (Lipinski definition) is 4. The van der Waals surface area contributed by atoms with Gasteiger partial charge in [0.05, 0.1) is 19.8 Å². The van der Waals surface area contributed by atoms with Gasteiger partial charge in [0.1, 0.15) is 0 Å². The Morgan fingerprint density at radius 2 is 2.18 bits per heavy atom. The number of fused-ring (bicyclic) bond motifs is 1. The standard InChI is InChI=1S/C13H20N2O2/c16-8-10-17-9-7-15-6-5-14-11-12-3-1-2-4-13(12)15/h1-4,14,16H,5-11H2. The molecule has 1 aromatic carbocycles. The molecule has 4 nitrogen and oxygen atoms in total. The SMILES string of the molecule is OCCOCCN1CCNCc2ccccc21. The van der Waals surface area contributed by atoms with Gasteiger partial charge in [-0.2, -0.15) is 0 Å². The number of benzene rings is 1. The van der Waals surface area contributed by atoms with Crippen molar-refractivity contribution in [1.82, 2.24) is 5.32 Å². The molecule has 2 N–H and O–H groups in total. The minimum Gasteiger partial charge on any atom is -0.394 e. The van der Waals surface area contributed by atoms with Crippen LogP contribution in [0.5, 0.6) is 0 Å². The quantitative estimate of drug-likeness (QED) is 0.735. The summed E-state index contributed by atoms with van der Waals surface area (Å²) in [4.78, 5) is 2.34. The molecular formula is C13H20N2O2. The summed E-state index contributed by atoms with van der Waals surface area (Å²) >= 11 is 0. The normalized spacial score (nSPS) is 15.5. The van der Waals surface area contributed by atoms with Gasteiger partial charge in [0, 0.05) is 31.9 Å². The second kappa shape index (κ2) is 6.59. The van der Waals surface area contributed by atoms with Crippen molar-refractivity contribution in [2.75, 3.05) is 44.4 Å². The Morgan fingerprint density at radius 3 is 3.06 bits per heavy atom. The van der Waals surface area contributed by atoms with Crippen LogP contribution in [0, 0.1) is 0 Å². The molecule has 0 radical (unpaired) electrons. The molecule has 0 saturated carbocycles. The van der Waals surface area contributed by atoms with Crippen molar-refractivity contribution in [3.8, 4) is 0 Å². The molecule has 0 fully saturated rings. The van der Waals surface area contributed by atoms with E-state index in [1.807, 2.05) is 0 Å². The van der Waals surface area contributed by atoms with E-state index >= 15 is 0 Å². The summed E-state index contributed by atoms with van der Waals surface area (Å²) in [5, 5.41) is 12.1. The highest BCUT2D eigenvalue weighted by atomic mass is 16.5. The van der Waals surface area contributed by atoms with Crippen LogP contribution in [0.15, 0.2) is 24.3 Å². The summed E-state index contributed by atoms with van der Waals surface area (Å²) in [6.07, 6.45) is 0. The first-order valence-electron chi connectivity index (χ1n) is 6.14. The molecule has 1 aliphatic heterocycles. The number of nitrogens with zero attached hydrogens (tertiary/aromatic N) is 1. The summed E-state index contributed by atoms with van der Waals surface area (Å²) in [5.74, 6) is 0. The largest absolute Gasteiger partial charge is 0.394 e. The maximum Gasteiger partial charge on any atom is 0.0698 e. The first-order valence-corrected chi connectivity index (χ1v) is 6.14. The zero-order valence-electron chi connectivity index (χ0n) is 10.1. The zero-order chi connectivity index (χ0) is 11.9. The number of hydrogen-bond donors (Lipinski definition) is 2. The van der Waals surface area contributed by atoms with E-state index in [1.54, 1.807) is 0 Å². The smallest absolute Gasteiger partial charge is 0.0698 e. The molecule has 1 aliphatic rings. The molecule has 0 spiro atoms. The minimum atomic E-state index is 0.0954. The van der Waals surface area contributed by atoms with Crippen LogP contribution in [-0.4, -0.2) is 44.6 Å². The number of nitrogens with one attached hydrogen (secondary N) is 1. The average molecular weight is 236 g/mol. The van der Waals surface area contributed by atoms with Gasteiger partial charge in [-0.15, -0.1) is 0 Å². The lowest BCUT2D eigenvalue weighted by atomic mass is 10.1. The molecule has 0 atom stereocenters. The van der Waals surface area contributed by atoms with E-state index in [9.17, 15) is 0 Å². The van der Waals surface area contributed by atoms with E-state index in [0.717, 1.165) is 26.2 Å². The van der Waals surface area contributed by atoms with Crippen molar-refractivity contribution in [3.05, 3.63) is 29.8 Å². The van der Waals surface area contributed by atoms with Crippen molar-refractivity contribution < 1.29 is 9.84 Å². The van der Waals surface area contributed by atoms with E-state index in [4.69, 9.17) is 9.84 Å². The Balaban J connectivity index is 1.97. The third-order valence-electron chi connectivity index (χ3n) is 2.95. The molecule has 0 amide bonds. The second-order valence-corrected chi connectivity index (χ2v) is 4.13. The third kappa shape index (κ3) is 3.43. The average Bonchev–Trinajstić information content (AvgIpc) is 2.57. The summed E-state index contributed by atoms with van der Waals surface area (Å²) in [7, 11) is 0. The van der Waals surface area contributed by atoms with Crippen LogP contribution in [-0.2, 0) is 11.3 Å². The molecule has 0 aliphatic carbocycles. The molecule has 0 saturated heterocycles. The van der Waals surface area contributed by atoms with Crippen LogP contribution < -0.4 is 10.2 Å². The predicted molar refractivity (Wildman–Crippen MR) is 68.3 cm³/mol. The van der Waals surface area contributed by atoms with E-state index in [2.05, 4.69) is 34.5 Å². The topological polar surface area (TPSA) is 44.7 Å². The fourth-order valence-corrected chi connectivity index (χ4v) is 2.10. The number of aliphatic hydroxyl groups is 1. The number of para-hydroxylation sites is 1. The molecule has 1 aromatic rings. The van der Waals surface area contributed by atoms with Gasteiger partial charge >= 0.3 is 0 Å². The minimum absolute atomic E-state index is 0.0954. The lowest BCUT2D eigenvalue weighted by Crippen LogP contribution is -2.32. The fraction of sp³-hybridized carbons (Fsp3) is 0.538. The Labute approximate surface area is 102 Å². The van der Waals surface area contributed by atoms with Crippen molar-refractivity contribution in [2.24, 2.45) is 0 Å². The zero-order valence-corrected chi connectivity index (χ0v) is 10.1. The Morgan fingerprint density at radius 1 is 1.29 bits per heavy atom. The Hall–Kier alpha value is -1.10. The first-order chi connectivity index (χ1) is 8.42. The Bertz CT molecular complexity index is 344. The van der Waals surface area contributed by atoms with Gasteiger partial charge < -0.3 is 20.1 Å². The highest BCUT2D eigenvalue weighted by molar-refractivity contribution is 5.54. The first kappa shape index (κ1) is 12.4. The van der Waals surface area contributed by atoms with Crippen LogP contribution in [0.3, 0.4) is 0 Å². The molecule has 0 aromatic heterocycles. The van der Waals surface area contributed by atoms with Gasteiger partial charge in [-0.25, -0.2) is 0 Å². The highest BCUT2D eigenvalue weighted by Gasteiger charge is 2.13. The molecular weight excluding hydrogens is 216 g/mol. The van der Waals surface area contributed by atoms with Gasteiger partial charge in [-0.05, 0) is 11.6 Å². The van der Waals surface area contributed by atoms with Crippen LogP contribution in [0.4, 0.5) is 5.69 Å². The summed E-state index contributed by atoms with van der Waals surface area (Å²) < 4.78 is 5.33. The number of aliphatic hydroxyl groups excluding tert-OH is 1. The summed E-state index contributed by atoms with van der Waals surface area (Å²) in [5.41, 5.74) is 2.64. The lowest BCUT2D eigenvalue weighted by molar-refractivity contribution is 0.0967. The van der Waals surface area contributed by atoms with Gasteiger partial charge in [-0.3, -0.25) is 0 Å². The van der Waals surface area contributed by atoms with Crippen molar-refractivity contribution in [3.63, 3.8) is 0 Å². The van der Waals surface area contributed by atoms with E-state index < -0.39 is 0 Å². The van der Waals surface area contributed by atoms with Crippen LogP contribution in [0.2, 0.25) is 0 Å². The molecule has 2 rings (SSSR count). The number of rotatable bonds is 5. The van der Waals surface area contributed by atoms with Gasteiger partial charge in [-0.1, -0.05) is 18.2 Å². The van der Waals surface area contributed by atoms with Gasteiger partial charge in [0.15, 0.2) is 0 Å². The highest BCUT2D eigenvalue weighted by Crippen LogP contribution is 2.21. The summed E-state index contributed by atoms with van der Waals surface area (Å²) in [6, 6.07) is 8.47. The monoisotopic (exact) mass is 236 g/mol. The van der Waals surface area contributed by atoms with Gasteiger partial charge in [0.25, 0.3) is 0 Å². The molecule has 0 unspecified atom stereocenters. The summed E-state index contributed by atoms with van der Waals surface area (Å²) in [6.45, 7) is 4.98. The lowest BCUT2D eigenvalue weighted by Gasteiger charge is -2.24. The van der Waals surface area contributed by atoms with Gasteiger partial charge in [0.2, 0.25) is 0 Å². The van der Waals surface area contributed by atoms with Crippen LogP contribution in [0.1, 0.15) is 5.56 Å². The molecule has 94 valence electrons. The van der Waals surface area contributed by atoms with Crippen LogP contribution in [0.25, 0.3) is 0 Å². The Kier molecular flexibility index (Phi) is 4.79. The molecule has 1 heterocycles. The van der Waals surface area contributed by atoms with Crippen molar-refractivity contribution in [1.29, 1.82) is 0 Å². The van der Waals surface area contributed by atoms with Crippen LogP contribution >= 0.6 is 0 Å². The third-order valence-corrected chi connectivity index (χ3v) is 2.95. The maximum atomic E-state index is 8.66. The number of ether oxygens (including phenoxy) is 1. The molecule has 0 bridgehead atoms.